The average Bonchev–Trinajstić information content (AvgIpc) is 2.38. The summed E-state index contributed by atoms with van der Waals surface area (Å²) in [6.07, 6.45) is -0.809. The van der Waals surface area contributed by atoms with E-state index in [1.807, 2.05) is 0 Å². The van der Waals surface area contributed by atoms with Crippen LogP contribution >= 0.6 is 11.6 Å². The van der Waals surface area contributed by atoms with Crippen LogP contribution in [0.5, 0.6) is 5.75 Å². The minimum atomic E-state index is -0.809. The molecule has 0 aliphatic rings. The first-order valence-electron chi connectivity index (χ1n) is 5.50. The number of amides is 1. The van der Waals surface area contributed by atoms with Crippen molar-refractivity contribution in [1.82, 2.24) is 0 Å². The Kier molecular flexibility index (Phi) is 6.20. The van der Waals surface area contributed by atoms with Gasteiger partial charge in [0.15, 0.2) is 0 Å². The minimum Gasteiger partial charge on any atom is -0.506 e. The molecule has 106 valence electrons. The number of hydrogen-bond acceptors (Lipinski definition) is 6. The Labute approximate surface area is 114 Å². The molecular formula is C11H15ClN2O5. The van der Waals surface area contributed by atoms with E-state index in [1.165, 1.54) is 12.1 Å². The Morgan fingerprint density at radius 2 is 2.00 bits per heavy atom. The maximum absolute atomic E-state index is 11.2. The summed E-state index contributed by atoms with van der Waals surface area (Å²) < 4.78 is 4.58. The zero-order chi connectivity index (χ0) is 14.3. The molecule has 0 saturated carbocycles. The molecule has 1 amide bonds. The maximum atomic E-state index is 11.2. The van der Waals surface area contributed by atoms with Crippen LogP contribution in [0.15, 0.2) is 12.1 Å². The molecular weight excluding hydrogens is 276 g/mol. The van der Waals surface area contributed by atoms with Crippen molar-refractivity contribution in [2.45, 2.75) is 0 Å². The van der Waals surface area contributed by atoms with Crippen molar-refractivity contribution in [2.24, 2.45) is 0 Å². The van der Waals surface area contributed by atoms with E-state index in [2.05, 4.69) is 15.4 Å². The Morgan fingerprint density at radius 3 is 2.63 bits per heavy atom. The monoisotopic (exact) mass is 290 g/mol. The summed E-state index contributed by atoms with van der Waals surface area (Å²) in [6, 6.07) is 2.66. The van der Waals surface area contributed by atoms with Gasteiger partial charge >= 0.3 is 6.09 Å². The van der Waals surface area contributed by atoms with Gasteiger partial charge < -0.3 is 25.4 Å². The zero-order valence-electron chi connectivity index (χ0n) is 10.0. The number of halogens is 1. The maximum Gasteiger partial charge on any atom is 0.411 e. The summed E-state index contributed by atoms with van der Waals surface area (Å²) in [5.41, 5.74) is 0.519. The molecule has 0 spiro atoms. The zero-order valence-corrected chi connectivity index (χ0v) is 10.8. The molecule has 0 fully saturated rings. The fourth-order valence-electron chi connectivity index (χ4n) is 1.27. The quantitative estimate of drug-likeness (QED) is 0.500. The lowest BCUT2D eigenvalue weighted by Crippen LogP contribution is -2.16. The van der Waals surface area contributed by atoms with Gasteiger partial charge in [0.05, 0.1) is 29.6 Å². The van der Waals surface area contributed by atoms with E-state index in [0.29, 0.717) is 5.69 Å². The van der Waals surface area contributed by atoms with Crippen LogP contribution in [0, 0.1) is 0 Å². The van der Waals surface area contributed by atoms with Crippen molar-refractivity contribution in [3.05, 3.63) is 17.2 Å². The van der Waals surface area contributed by atoms with Crippen molar-refractivity contribution in [2.75, 3.05) is 37.0 Å². The number of ether oxygens (including phenoxy) is 1. The molecule has 1 aromatic carbocycles. The van der Waals surface area contributed by atoms with Crippen molar-refractivity contribution in [3.8, 4) is 5.75 Å². The van der Waals surface area contributed by atoms with Gasteiger partial charge in [-0.2, -0.15) is 0 Å². The fourth-order valence-corrected chi connectivity index (χ4v) is 1.50. The fraction of sp³-hybridized carbons (Fsp3) is 0.364. The van der Waals surface area contributed by atoms with Gasteiger partial charge in [-0.3, -0.25) is 5.32 Å². The molecule has 1 rings (SSSR count). The number of nitrogens with one attached hydrogen (secondary N) is 2. The SMILES string of the molecule is O=C(Nc1cc(Cl)c(NCCO)cc1O)OCCO. The summed E-state index contributed by atoms with van der Waals surface area (Å²) in [7, 11) is 0. The lowest BCUT2D eigenvalue weighted by Gasteiger charge is -2.12. The highest BCUT2D eigenvalue weighted by atomic mass is 35.5. The minimum absolute atomic E-state index is 0.0788. The summed E-state index contributed by atoms with van der Waals surface area (Å²) in [6.45, 7) is -0.226. The molecule has 8 heteroatoms. The Bertz CT molecular complexity index is 441. The first kappa shape index (κ1) is 15.4. The first-order chi connectivity index (χ1) is 9.08. The number of aliphatic hydroxyl groups is 2. The second-order valence-electron chi connectivity index (χ2n) is 3.48. The van der Waals surface area contributed by atoms with E-state index in [4.69, 9.17) is 21.8 Å². The van der Waals surface area contributed by atoms with Gasteiger partial charge in [0.25, 0.3) is 0 Å². The van der Waals surface area contributed by atoms with Crippen LogP contribution in [0.1, 0.15) is 0 Å². The molecule has 7 nitrogen and oxygen atoms in total. The summed E-state index contributed by atoms with van der Waals surface area (Å²) in [5, 5.41) is 32.2. The van der Waals surface area contributed by atoms with Crippen LogP contribution in [0.4, 0.5) is 16.2 Å². The number of anilines is 2. The van der Waals surface area contributed by atoms with Gasteiger partial charge in [-0.05, 0) is 6.07 Å². The standard InChI is InChI=1S/C11H15ClN2O5/c12-7-5-9(14-11(18)19-4-3-16)10(17)6-8(7)13-1-2-15/h5-6,13,15-17H,1-4H2,(H,14,18). The van der Waals surface area contributed by atoms with Crippen molar-refractivity contribution in [1.29, 1.82) is 0 Å². The normalized spacial score (nSPS) is 10.1. The molecule has 19 heavy (non-hydrogen) atoms. The number of carbonyl (C=O) groups excluding carboxylic acids is 1. The van der Waals surface area contributed by atoms with Gasteiger partial charge in [0.2, 0.25) is 0 Å². The molecule has 0 heterocycles. The largest absolute Gasteiger partial charge is 0.506 e. The number of phenolic OH excluding ortho intramolecular Hbond substituents is 1. The van der Waals surface area contributed by atoms with E-state index in [9.17, 15) is 9.90 Å². The van der Waals surface area contributed by atoms with Crippen LogP contribution in [0.2, 0.25) is 5.02 Å². The number of benzene rings is 1. The number of phenols is 1. The molecule has 0 aliphatic carbocycles. The van der Waals surface area contributed by atoms with Gasteiger partial charge in [-0.1, -0.05) is 11.6 Å². The van der Waals surface area contributed by atoms with Gasteiger partial charge in [-0.25, -0.2) is 4.79 Å². The van der Waals surface area contributed by atoms with Crippen LogP contribution in [-0.4, -0.2) is 47.8 Å². The first-order valence-corrected chi connectivity index (χ1v) is 5.88. The van der Waals surface area contributed by atoms with Crippen LogP contribution in [0.3, 0.4) is 0 Å². The Hall–Kier alpha value is -1.70. The van der Waals surface area contributed by atoms with Crippen LogP contribution < -0.4 is 10.6 Å². The van der Waals surface area contributed by atoms with Gasteiger partial charge in [0, 0.05) is 12.6 Å². The molecule has 0 aliphatic heterocycles. The van der Waals surface area contributed by atoms with E-state index < -0.39 is 6.09 Å². The highest BCUT2D eigenvalue weighted by molar-refractivity contribution is 6.33. The molecule has 0 atom stereocenters. The van der Waals surface area contributed by atoms with Crippen molar-refractivity contribution >= 4 is 29.1 Å². The molecule has 0 bridgehead atoms. The van der Waals surface area contributed by atoms with Crippen LogP contribution in [0.25, 0.3) is 0 Å². The second kappa shape index (κ2) is 7.67. The number of aromatic hydroxyl groups is 1. The van der Waals surface area contributed by atoms with Crippen molar-refractivity contribution < 1.29 is 24.9 Å². The van der Waals surface area contributed by atoms with E-state index in [1.54, 1.807) is 0 Å². The van der Waals surface area contributed by atoms with E-state index in [0.717, 1.165) is 0 Å². The third kappa shape index (κ3) is 4.82. The molecule has 0 aromatic heterocycles. The summed E-state index contributed by atoms with van der Waals surface area (Å²) in [4.78, 5) is 11.2. The summed E-state index contributed by atoms with van der Waals surface area (Å²) >= 11 is 5.94. The van der Waals surface area contributed by atoms with Crippen molar-refractivity contribution in [3.63, 3.8) is 0 Å². The van der Waals surface area contributed by atoms with Gasteiger partial charge in [0.1, 0.15) is 12.4 Å². The lowest BCUT2D eigenvalue weighted by molar-refractivity contribution is 0.131. The number of rotatable bonds is 6. The molecule has 0 radical (unpaired) electrons. The lowest BCUT2D eigenvalue weighted by atomic mass is 10.2. The number of carbonyl (C=O) groups is 1. The Balaban J connectivity index is 2.75. The number of hydrogen-bond donors (Lipinski definition) is 5. The second-order valence-corrected chi connectivity index (χ2v) is 3.89. The van der Waals surface area contributed by atoms with Gasteiger partial charge in [-0.15, -0.1) is 0 Å². The predicted molar refractivity (Wildman–Crippen MR) is 70.7 cm³/mol. The molecule has 5 N–H and O–H groups in total. The number of aliphatic hydroxyl groups excluding tert-OH is 2. The predicted octanol–water partition coefficient (Wildman–Crippen LogP) is 0.991. The summed E-state index contributed by atoms with van der Waals surface area (Å²) in [5.74, 6) is -0.203. The third-order valence-corrected chi connectivity index (χ3v) is 2.39. The third-order valence-electron chi connectivity index (χ3n) is 2.07. The Morgan fingerprint density at radius 1 is 1.26 bits per heavy atom. The highest BCUT2D eigenvalue weighted by Gasteiger charge is 2.11. The smallest absolute Gasteiger partial charge is 0.411 e. The molecule has 0 unspecified atom stereocenters. The highest BCUT2D eigenvalue weighted by Crippen LogP contribution is 2.33. The van der Waals surface area contributed by atoms with E-state index in [-0.39, 0.29) is 42.8 Å². The molecule has 1 aromatic rings. The topological polar surface area (TPSA) is 111 Å². The average molecular weight is 291 g/mol. The van der Waals surface area contributed by atoms with Crippen LogP contribution in [-0.2, 0) is 4.74 Å². The van der Waals surface area contributed by atoms with E-state index >= 15 is 0 Å². The molecule has 0 saturated heterocycles.